The minimum atomic E-state index is -0.626. The van der Waals surface area contributed by atoms with Crippen molar-refractivity contribution < 1.29 is 13.7 Å². The lowest BCUT2D eigenvalue weighted by Crippen LogP contribution is -1.95. The molecular formula is C17H10FN5O3S. The maximum absolute atomic E-state index is 13.2. The second-order valence-corrected chi connectivity index (χ2v) is 6.22. The molecule has 3 heterocycles. The molecule has 0 fully saturated rings. The number of fused-ring (bicyclic) bond motifs is 1. The van der Waals surface area contributed by atoms with Crippen LogP contribution in [-0.4, -0.2) is 21.1 Å². The van der Waals surface area contributed by atoms with Crippen LogP contribution >= 0.6 is 11.3 Å². The van der Waals surface area contributed by atoms with Crippen LogP contribution in [-0.2, 0) is 0 Å². The normalized spacial score (nSPS) is 11.3. The second kappa shape index (κ2) is 6.92. The molecular weight excluding hydrogens is 373 g/mol. The summed E-state index contributed by atoms with van der Waals surface area (Å²) in [6.07, 6.45) is 2.72. The van der Waals surface area contributed by atoms with Gasteiger partial charge in [-0.25, -0.2) is 14.4 Å². The number of anilines is 1. The Morgan fingerprint density at radius 3 is 2.78 bits per heavy atom. The van der Waals surface area contributed by atoms with Crippen LogP contribution in [0.1, 0.15) is 5.76 Å². The SMILES string of the molecule is O=[N+]([O-])c1ccc(/C=N\Nc2ncnc3scc(-c4ccc(F)cc4)c23)o1. The summed E-state index contributed by atoms with van der Waals surface area (Å²) in [5, 5.41) is 17.3. The van der Waals surface area contributed by atoms with E-state index in [9.17, 15) is 14.5 Å². The molecule has 1 aromatic carbocycles. The van der Waals surface area contributed by atoms with Crippen LogP contribution in [0.4, 0.5) is 16.1 Å². The molecule has 0 spiro atoms. The van der Waals surface area contributed by atoms with E-state index in [4.69, 9.17) is 4.42 Å². The molecule has 0 unspecified atom stereocenters. The largest absolute Gasteiger partial charge is 0.433 e. The second-order valence-electron chi connectivity index (χ2n) is 5.36. The molecule has 1 N–H and O–H groups in total. The smallest absolute Gasteiger partial charge is 0.400 e. The van der Waals surface area contributed by atoms with Crippen molar-refractivity contribution in [3.8, 4) is 11.1 Å². The zero-order chi connectivity index (χ0) is 18.8. The average molecular weight is 383 g/mol. The molecule has 0 aliphatic rings. The van der Waals surface area contributed by atoms with Gasteiger partial charge in [-0.3, -0.25) is 15.5 Å². The lowest BCUT2D eigenvalue weighted by Gasteiger charge is -2.04. The number of furan rings is 1. The molecule has 0 aliphatic heterocycles. The summed E-state index contributed by atoms with van der Waals surface area (Å²) >= 11 is 1.43. The quantitative estimate of drug-likeness (QED) is 0.310. The van der Waals surface area contributed by atoms with Crippen molar-refractivity contribution in [2.45, 2.75) is 0 Å². The van der Waals surface area contributed by atoms with Crippen LogP contribution in [0.25, 0.3) is 21.3 Å². The van der Waals surface area contributed by atoms with Gasteiger partial charge in [0.05, 0.1) is 17.7 Å². The van der Waals surface area contributed by atoms with Gasteiger partial charge < -0.3 is 4.42 Å². The fourth-order valence-corrected chi connectivity index (χ4v) is 3.38. The molecule has 0 amide bonds. The van der Waals surface area contributed by atoms with E-state index in [2.05, 4.69) is 20.5 Å². The standard InChI is InChI=1S/C17H10FN5O3S/c18-11-3-1-10(2-4-11)13-8-27-17-15(13)16(19-9-20-17)22-21-7-12-5-6-14(26-12)23(24)25/h1-9H,(H,19,20,22)/b21-7-. The minimum absolute atomic E-state index is 0.226. The Bertz CT molecular complexity index is 1150. The van der Waals surface area contributed by atoms with E-state index in [0.717, 1.165) is 21.3 Å². The van der Waals surface area contributed by atoms with E-state index in [0.29, 0.717) is 5.82 Å². The summed E-state index contributed by atoms with van der Waals surface area (Å²) in [7, 11) is 0. The number of aromatic nitrogens is 2. The number of rotatable bonds is 5. The number of hydrazone groups is 1. The summed E-state index contributed by atoms with van der Waals surface area (Å²) in [6.45, 7) is 0. The van der Waals surface area contributed by atoms with Crippen molar-refractivity contribution in [3.05, 3.63) is 69.8 Å². The third-order valence-electron chi connectivity index (χ3n) is 3.68. The maximum atomic E-state index is 13.2. The van der Waals surface area contributed by atoms with Gasteiger partial charge in [-0.15, -0.1) is 11.3 Å². The Morgan fingerprint density at radius 2 is 2.04 bits per heavy atom. The van der Waals surface area contributed by atoms with Crippen molar-refractivity contribution in [2.75, 3.05) is 5.43 Å². The van der Waals surface area contributed by atoms with Crippen LogP contribution in [0.5, 0.6) is 0 Å². The van der Waals surface area contributed by atoms with Crippen LogP contribution in [0, 0.1) is 15.9 Å². The van der Waals surface area contributed by atoms with Crippen molar-refractivity contribution in [1.82, 2.24) is 9.97 Å². The highest BCUT2D eigenvalue weighted by Gasteiger charge is 2.13. The monoisotopic (exact) mass is 383 g/mol. The first kappa shape index (κ1) is 16.8. The third-order valence-corrected chi connectivity index (χ3v) is 4.57. The number of hydrogen-bond donors (Lipinski definition) is 1. The number of nitro groups is 1. The number of nitrogens with zero attached hydrogens (tertiary/aromatic N) is 4. The molecule has 0 saturated heterocycles. The van der Waals surface area contributed by atoms with Crippen molar-refractivity contribution >= 4 is 39.5 Å². The van der Waals surface area contributed by atoms with Gasteiger partial charge in [-0.1, -0.05) is 12.1 Å². The first-order valence-electron chi connectivity index (χ1n) is 7.63. The van der Waals surface area contributed by atoms with E-state index in [1.807, 2.05) is 5.38 Å². The van der Waals surface area contributed by atoms with Gasteiger partial charge in [-0.2, -0.15) is 5.10 Å². The van der Waals surface area contributed by atoms with Gasteiger partial charge >= 0.3 is 5.88 Å². The molecule has 27 heavy (non-hydrogen) atoms. The summed E-state index contributed by atoms with van der Waals surface area (Å²) < 4.78 is 18.2. The Balaban J connectivity index is 1.65. The van der Waals surface area contributed by atoms with Crippen LogP contribution in [0.3, 0.4) is 0 Å². The van der Waals surface area contributed by atoms with Crippen molar-refractivity contribution in [3.63, 3.8) is 0 Å². The molecule has 134 valence electrons. The van der Waals surface area contributed by atoms with Crippen LogP contribution in [0.15, 0.2) is 57.6 Å². The number of benzene rings is 1. The van der Waals surface area contributed by atoms with Crippen molar-refractivity contribution in [2.24, 2.45) is 5.10 Å². The van der Waals surface area contributed by atoms with Crippen molar-refractivity contribution in [1.29, 1.82) is 0 Å². The number of halogens is 1. The molecule has 10 heteroatoms. The molecule has 0 atom stereocenters. The predicted octanol–water partition coefficient (Wildman–Crippen LogP) is 4.44. The molecule has 0 aliphatic carbocycles. The van der Waals surface area contributed by atoms with Gasteiger partial charge in [0.2, 0.25) is 0 Å². The lowest BCUT2D eigenvalue weighted by molar-refractivity contribution is -0.402. The van der Waals surface area contributed by atoms with Crippen LogP contribution < -0.4 is 5.43 Å². The fourth-order valence-electron chi connectivity index (χ4n) is 2.47. The summed E-state index contributed by atoms with van der Waals surface area (Å²) in [6, 6.07) is 8.82. The zero-order valence-corrected chi connectivity index (χ0v) is 14.3. The van der Waals surface area contributed by atoms with Crippen LogP contribution in [0.2, 0.25) is 0 Å². The molecule has 4 aromatic rings. The Kier molecular flexibility index (Phi) is 4.30. The van der Waals surface area contributed by atoms with E-state index >= 15 is 0 Å². The first-order chi connectivity index (χ1) is 13.1. The number of thiophene rings is 1. The van der Waals surface area contributed by atoms with Gasteiger partial charge in [-0.05, 0) is 23.8 Å². The maximum Gasteiger partial charge on any atom is 0.433 e. The predicted molar refractivity (Wildman–Crippen MR) is 99.4 cm³/mol. The van der Waals surface area contributed by atoms with Gasteiger partial charge in [0.15, 0.2) is 11.6 Å². The number of nitrogens with one attached hydrogen (secondary N) is 1. The number of hydrogen-bond acceptors (Lipinski definition) is 8. The Labute approximate surface area is 155 Å². The lowest BCUT2D eigenvalue weighted by atomic mass is 10.1. The van der Waals surface area contributed by atoms with E-state index < -0.39 is 4.92 Å². The highest BCUT2D eigenvalue weighted by molar-refractivity contribution is 7.17. The third kappa shape index (κ3) is 3.37. The molecule has 0 radical (unpaired) electrons. The fraction of sp³-hybridized carbons (Fsp3) is 0. The Morgan fingerprint density at radius 1 is 1.22 bits per heavy atom. The van der Waals surface area contributed by atoms with Gasteiger partial charge in [0.1, 0.15) is 21.9 Å². The van der Waals surface area contributed by atoms with E-state index in [1.54, 1.807) is 12.1 Å². The highest BCUT2D eigenvalue weighted by Crippen LogP contribution is 2.36. The molecule has 0 bridgehead atoms. The highest BCUT2D eigenvalue weighted by atomic mass is 32.1. The molecule has 3 aromatic heterocycles. The van der Waals surface area contributed by atoms with E-state index in [1.165, 1.54) is 48.1 Å². The van der Waals surface area contributed by atoms with Gasteiger partial charge in [0, 0.05) is 10.9 Å². The summed E-state index contributed by atoms with van der Waals surface area (Å²) in [4.78, 5) is 19.2. The molecule has 4 rings (SSSR count). The summed E-state index contributed by atoms with van der Waals surface area (Å²) in [5.74, 6) is 0.00351. The minimum Gasteiger partial charge on any atom is -0.400 e. The first-order valence-corrected chi connectivity index (χ1v) is 8.51. The summed E-state index contributed by atoms with van der Waals surface area (Å²) in [5.41, 5.74) is 4.48. The molecule has 8 nitrogen and oxygen atoms in total. The van der Waals surface area contributed by atoms with Gasteiger partial charge in [0.25, 0.3) is 0 Å². The zero-order valence-electron chi connectivity index (χ0n) is 13.5. The van der Waals surface area contributed by atoms with E-state index in [-0.39, 0.29) is 17.5 Å². The average Bonchev–Trinajstić information content (AvgIpc) is 3.30. The molecule has 0 saturated carbocycles. The Hall–Kier alpha value is -3.66. The topological polar surface area (TPSA) is 106 Å².